The highest BCUT2D eigenvalue weighted by Gasteiger charge is 2.33. The Kier molecular flexibility index (Phi) is 6.21. The number of benzene rings is 2. The summed E-state index contributed by atoms with van der Waals surface area (Å²) in [5.74, 6) is 2.97. The van der Waals surface area contributed by atoms with E-state index >= 15 is 0 Å². The maximum Gasteiger partial charge on any atom is 0.223 e. The van der Waals surface area contributed by atoms with Crippen LogP contribution in [0.4, 0.5) is 0 Å². The van der Waals surface area contributed by atoms with E-state index < -0.39 is 0 Å². The molecule has 0 radical (unpaired) electrons. The molecule has 6 nitrogen and oxygen atoms in total. The number of carbonyl (C=O) groups is 1. The number of fused-ring (bicyclic) bond motifs is 1. The molecule has 2 aromatic carbocycles. The Hall–Kier alpha value is -3.02. The van der Waals surface area contributed by atoms with Crippen molar-refractivity contribution in [1.82, 2.24) is 14.5 Å². The number of unbranched alkanes of at least 4 members (excludes halogenated alkanes) is 1. The molecular formula is C24H29N3O3. The predicted octanol–water partition coefficient (Wildman–Crippen LogP) is 4.24. The number of likely N-dealkylation sites (tertiary alicyclic amines) is 1. The smallest absolute Gasteiger partial charge is 0.223 e. The second kappa shape index (κ2) is 9.20. The van der Waals surface area contributed by atoms with Crippen molar-refractivity contribution in [2.75, 3.05) is 26.8 Å². The standard InChI is InChI=1S/C24H29N3O3/c1-3-4-13-26-17-18(16-23(26)28)24-25-21-7-5-6-8-22(21)27(24)14-15-30-20-11-9-19(29-2)10-12-20/h5-12,18H,3-4,13-17H2,1-2H3/t18-/m0/s1. The third-order valence-electron chi connectivity index (χ3n) is 5.69. The van der Waals surface area contributed by atoms with Crippen molar-refractivity contribution in [3.63, 3.8) is 0 Å². The van der Waals surface area contributed by atoms with E-state index in [4.69, 9.17) is 14.5 Å². The minimum atomic E-state index is 0.128. The summed E-state index contributed by atoms with van der Waals surface area (Å²) in [6, 6.07) is 15.8. The Balaban J connectivity index is 1.51. The van der Waals surface area contributed by atoms with Gasteiger partial charge >= 0.3 is 0 Å². The number of amides is 1. The van der Waals surface area contributed by atoms with Crippen LogP contribution in [0.2, 0.25) is 0 Å². The largest absolute Gasteiger partial charge is 0.497 e. The van der Waals surface area contributed by atoms with E-state index in [0.29, 0.717) is 19.6 Å². The van der Waals surface area contributed by atoms with Crippen molar-refractivity contribution in [3.05, 3.63) is 54.4 Å². The third kappa shape index (κ3) is 4.27. The van der Waals surface area contributed by atoms with Crippen molar-refractivity contribution in [2.45, 2.75) is 38.6 Å². The highest BCUT2D eigenvalue weighted by atomic mass is 16.5. The zero-order chi connectivity index (χ0) is 20.9. The molecular weight excluding hydrogens is 378 g/mol. The molecule has 1 fully saturated rings. The van der Waals surface area contributed by atoms with Gasteiger partial charge in [0.2, 0.25) is 5.91 Å². The Morgan fingerprint density at radius 3 is 2.60 bits per heavy atom. The van der Waals surface area contributed by atoms with Crippen LogP contribution < -0.4 is 9.47 Å². The fraction of sp³-hybridized carbons (Fsp3) is 0.417. The number of rotatable bonds is 9. The molecule has 0 N–H and O–H groups in total. The molecule has 6 heteroatoms. The van der Waals surface area contributed by atoms with E-state index in [2.05, 4.69) is 17.6 Å². The molecule has 4 rings (SSSR count). The molecule has 1 aliphatic heterocycles. The van der Waals surface area contributed by atoms with Gasteiger partial charge in [-0.1, -0.05) is 25.5 Å². The molecule has 0 aliphatic carbocycles. The van der Waals surface area contributed by atoms with Crippen molar-refractivity contribution in [2.24, 2.45) is 0 Å². The number of carbonyl (C=O) groups excluding carboxylic acids is 1. The maximum atomic E-state index is 12.5. The van der Waals surface area contributed by atoms with Gasteiger partial charge in [0.1, 0.15) is 23.9 Å². The minimum absolute atomic E-state index is 0.128. The van der Waals surface area contributed by atoms with Gasteiger partial charge in [0.15, 0.2) is 0 Å². The van der Waals surface area contributed by atoms with Gasteiger partial charge in [-0.05, 0) is 42.8 Å². The normalized spacial score (nSPS) is 16.4. The minimum Gasteiger partial charge on any atom is -0.497 e. The summed E-state index contributed by atoms with van der Waals surface area (Å²) < 4.78 is 13.4. The van der Waals surface area contributed by atoms with E-state index in [1.807, 2.05) is 47.4 Å². The quantitative estimate of drug-likeness (QED) is 0.532. The van der Waals surface area contributed by atoms with Gasteiger partial charge in [-0.15, -0.1) is 0 Å². The van der Waals surface area contributed by atoms with Crippen LogP contribution in [0.5, 0.6) is 11.5 Å². The van der Waals surface area contributed by atoms with Crippen molar-refractivity contribution < 1.29 is 14.3 Å². The Labute approximate surface area is 177 Å². The number of imidazole rings is 1. The van der Waals surface area contributed by atoms with Gasteiger partial charge in [-0.25, -0.2) is 4.98 Å². The molecule has 1 amide bonds. The van der Waals surface area contributed by atoms with Gasteiger partial charge in [0.05, 0.1) is 24.7 Å². The molecule has 2 heterocycles. The molecule has 1 aliphatic rings. The SMILES string of the molecule is CCCCN1C[C@@H](c2nc3ccccc3n2CCOc2ccc(OC)cc2)CC1=O. The molecule has 0 spiro atoms. The Bertz CT molecular complexity index is 997. The van der Waals surface area contributed by atoms with Gasteiger partial charge in [0.25, 0.3) is 0 Å². The Morgan fingerprint density at radius 2 is 1.83 bits per heavy atom. The molecule has 3 aromatic rings. The lowest BCUT2D eigenvalue weighted by molar-refractivity contribution is -0.127. The topological polar surface area (TPSA) is 56.6 Å². The zero-order valence-corrected chi connectivity index (χ0v) is 17.7. The summed E-state index contributed by atoms with van der Waals surface area (Å²) in [5.41, 5.74) is 2.06. The summed E-state index contributed by atoms with van der Waals surface area (Å²) >= 11 is 0. The molecule has 0 bridgehead atoms. The van der Waals surface area contributed by atoms with Gasteiger partial charge in [-0.3, -0.25) is 4.79 Å². The second-order valence-electron chi connectivity index (χ2n) is 7.73. The number of methoxy groups -OCH3 is 1. The second-order valence-corrected chi connectivity index (χ2v) is 7.73. The average Bonchev–Trinajstić information content (AvgIpc) is 3.33. The van der Waals surface area contributed by atoms with Crippen LogP contribution in [0.15, 0.2) is 48.5 Å². The van der Waals surface area contributed by atoms with Crippen LogP contribution >= 0.6 is 0 Å². The fourth-order valence-corrected chi connectivity index (χ4v) is 4.08. The molecule has 1 saturated heterocycles. The van der Waals surface area contributed by atoms with Gasteiger partial charge in [0, 0.05) is 25.4 Å². The van der Waals surface area contributed by atoms with Crippen LogP contribution in [0.25, 0.3) is 11.0 Å². The summed E-state index contributed by atoms with van der Waals surface area (Å²) in [5, 5.41) is 0. The zero-order valence-electron chi connectivity index (χ0n) is 17.7. The highest BCUT2D eigenvalue weighted by molar-refractivity contribution is 5.80. The number of para-hydroxylation sites is 2. The first-order chi connectivity index (χ1) is 14.7. The highest BCUT2D eigenvalue weighted by Crippen LogP contribution is 2.30. The van der Waals surface area contributed by atoms with E-state index in [1.54, 1.807) is 7.11 Å². The predicted molar refractivity (Wildman–Crippen MR) is 117 cm³/mol. The first-order valence-corrected chi connectivity index (χ1v) is 10.7. The Morgan fingerprint density at radius 1 is 1.07 bits per heavy atom. The first-order valence-electron chi connectivity index (χ1n) is 10.7. The lowest BCUT2D eigenvalue weighted by Gasteiger charge is -2.17. The molecule has 30 heavy (non-hydrogen) atoms. The average molecular weight is 408 g/mol. The number of ether oxygens (including phenoxy) is 2. The first kappa shape index (κ1) is 20.3. The van der Waals surface area contributed by atoms with Crippen molar-refractivity contribution in [3.8, 4) is 11.5 Å². The van der Waals surface area contributed by atoms with Crippen LogP contribution in [0.1, 0.15) is 37.9 Å². The van der Waals surface area contributed by atoms with Crippen molar-refractivity contribution >= 4 is 16.9 Å². The van der Waals surface area contributed by atoms with Crippen LogP contribution in [0.3, 0.4) is 0 Å². The summed E-state index contributed by atoms with van der Waals surface area (Å²) in [7, 11) is 1.65. The summed E-state index contributed by atoms with van der Waals surface area (Å²) in [6.45, 7) is 4.95. The molecule has 1 aromatic heterocycles. The third-order valence-corrected chi connectivity index (χ3v) is 5.69. The van der Waals surface area contributed by atoms with E-state index in [-0.39, 0.29) is 11.8 Å². The van der Waals surface area contributed by atoms with Gasteiger partial charge in [-0.2, -0.15) is 0 Å². The monoisotopic (exact) mass is 407 g/mol. The lowest BCUT2D eigenvalue weighted by atomic mass is 10.1. The van der Waals surface area contributed by atoms with E-state index in [1.165, 1.54) is 0 Å². The summed E-state index contributed by atoms with van der Waals surface area (Å²) in [6.07, 6.45) is 2.67. The number of hydrogen-bond donors (Lipinski definition) is 0. The number of aromatic nitrogens is 2. The van der Waals surface area contributed by atoms with Gasteiger partial charge < -0.3 is 18.9 Å². The molecule has 0 saturated carbocycles. The van der Waals surface area contributed by atoms with Crippen molar-refractivity contribution in [1.29, 1.82) is 0 Å². The maximum absolute atomic E-state index is 12.5. The number of hydrogen-bond acceptors (Lipinski definition) is 4. The molecule has 158 valence electrons. The molecule has 1 atom stereocenters. The number of nitrogens with zero attached hydrogens (tertiary/aromatic N) is 3. The van der Waals surface area contributed by atoms with Crippen LogP contribution in [-0.4, -0.2) is 47.2 Å². The van der Waals surface area contributed by atoms with Crippen LogP contribution in [-0.2, 0) is 11.3 Å². The van der Waals surface area contributed by atoms with E-state index in [9.17, 15) is 4.79 Å². The molecule has 0 unspecified atom stereocenters. The van der Waals surface area contributed by atoms with Crippen LogP contribution in [0, 0.1) is 0 Å². The fourth-order valence-electron chi connectivity index (χ4n) is 4.08. The summed E-state index contributed by atoms with van der Waals surface area (Å²) in [4.78, 5) is 19.4. The lowest BCUT2D eigenvalue weighted by Crippen LogP contribution is -2.26. The van der Waals surface area contributed by atoms with E-state index in [0.717, 1.165) is 54.3 Å².